The van der Waals surface area contributed by atoms with Gasteiger partial charge in [0.2, 0.25) is 10.0 Å². The minimum atomic E-state index is -3.65. The number of nitrogens with one attached hydrogen (secondary N) is 2. The summed E-state index contributed by atoms with van der Waals surface area (Å²) in [6.07, 6.45) is 1.51. The fourth-order valence-corrected chi connectivity index (χ4v) is 3.79. The maximum Gasteiger partial charge on any atom is 0.338 e. The molecule has 1 amide bonds. The molecule has 156 valence electrons. The van der Waals surface area contributed by atoms with Gasteiger partial charge < -0.3 is 10.1 Å². The second-order valence-electron chi connectivity index (χ2n) is 6.63. The van der Waals surface area contributed by atoms with Crippen LogP contribution >= 0.6 is 0 Å². The van der Waals surface area contributed by atoms with E-state index in [2.05, 4.69) is 10.0 Å². The molecule has 8 heteroatoms. The molecule has 2 N–H and O–H groups in total. The van der Waals surface area contributed by atoms with Crippen LogP contribution in [0.4, 0.5) is 5.69 Å². The van der Waals surface area contributed by atoms with Gasteiger partial charge in [-0.1, -0.05) is 26.0 Å². The van der Waals surface area contributed by atoms with Crippen molar-refractivity contribution < 1.29 is 22.7 Å². The van der Waals surface area contributed by atoms with Crippen LogP contribution in [0, 0.1) is 0 Å². The van der Waals surface area contributed by atoms with Crippen molar-refractivity contribution in [2.45, 2.75) is 44.6 Å². The Bertz CT molecular complexity index is 955. The lowest BCUT2D eigenvalue weighted by Gasteiger charge is -2.12. The maximum atomic E-state index is 12.2. The first-order valence-electron chi connectivity index (χ1n) is 9.43. The molecule has 1 atom stereocenters. The maximum absolute atomic E-state index is 12.2. The highest BCUT2D eigenvalue weighted by molar-refractivity contribution is 7.89. The van der Waals surface area contributed by atoms with Gasteiger partial charge in [0, 0.05) is 11.7 Å². The number of benzene rings is 2. The zero-order valence-corrected chi connectivity index (χ0v) is 17.6. The van der Waals surface area contributed by atoms with Crippen LogP contribution in [0.2, 0.25) is 0 Å². The summed E-state index contributed by atoms with van der Waals surface area (Å²) in [5.41, 5.74) is 1.87. The Morgan fingerprint density at radius 1 is 1.07 bits per heavy atom. The molecule has 0 aliphatic carbocycles. The van der Waals surface area contributed by atoms with Gasteiger partial charge in [-0.15, -0.1) is 0 Å². The second kappa shape index (κ2) is 10.2. The molecule has 0 heterocycles. The van der Waals surface area contributed by atoms with E-state index in [4.69, 9.17) is 4.74 Å². The summed E-state index contributed by atoms with van der Waals surface area (Å²) in [7, 11) is -3.65. The van der Waals surface area contributed by atoms with E-state index in [1.807, 2.05) is 32.0 Å². The van der Waals surface area contributed by atoms with Gasteiger partial charge in [-0.05, 0) is 61.7 Å². The molecule has 0 fully saturated rings. The molecule has 2 aromatic carbocycles. The predicted octanol–water partition coefficient (Wildman–Crippen LogP) is 3.12. The summed E-state index contributed by atoms with van der Waals surface area (Å²) < 4.78 is 32.0. The normalized spacial score (nSPS) is 12.2. The summed E-state index contributed by atoms with van der Waals surface area (Å²) in [5.74, 6) is -1.16. The number of aryl methyl sites for hydroxylation is 1. The molecular weight excluding hydrogens is 392 g/mol. The zero-order chi connectivity index (χ0) is 21.4. The van der Waals surface area contributed by atoms with Gasteiger partial charge in [-0.25, -0.2) is 17.9 Å². The van der Waals surface area contributed by atoms with E-state index in [-0.39, 0.29) is 16.5 Å². The third-order valence-electron chi connectivity index (χ3n) is 4.32. The molecule has 0 spiro atoms. The summed E-state index contributed by atoms with van der Waals surface area (Å²) in [5, 5.41) is 2.67. The molecule has 0 saturated carbocycles. The quantitative estimate of drug-likeness (QED) is 0.609. The number of anilines is 1. The van der Waals surface area contributed by atoms with Crippen LogP contribution in [-0.2, 0) is 26.0 Å². The van der Waals surface area contributed by atoms with Crippen molar-refractivity contribution in [3.8, 4) is 0 Å². The predicted molar refractivity (Wildman–Crippen MR) is 111 cm³/mol. The van der Waals surface area contributed by atoms with Gasteiger partial charge in [-0.2, -0.15) is 0 Å². The van der Waals surface area contributed by atoms with Crippen LogP contribution < -0.4 is 10.0 Å². The van der Waals surface area contributed by atoms with E-state index in [1.165, 1.54) is 24.3 Å². The first-order chi connectivity index (χ1) is 13.7. The Morgan fingerprint density at radius 3 is 2.38 bits per heavy atom. The average Bonchev–Trinajstić information content (AvgIpc) is 2.71. The number of hydrogen-bond acceptors (Lipinski definition) is 5. The van der Waals surface area contributed by atoms with Crippen LogP contribution in [-0.4, -0.2) is 32.9 Å². The van der Waals surface area contributed by atoms with E-state index in [1.54, 1.807) is 13.0 Å². The molecule has 0 saturated heterocycles. The summed E-state index contributed by atoms with van der Waals surface area (Å²) in [6.45, 7) is 5.22. The molecular formula is C21H26N2O5S. The van der Waals surface area contributed by atoms with Gasteiger partial charge >= 0.3 is 5.97 Å². The molecule has 1 unspecified atom stereocenters. The number of rotatable bonds is 9. The van der Waals surface area contributed by atoms with Gasteiger partial charge in [0.25, 0.3) is 5.91 Å². The van der Waals surface area contributed by atoms with Crippen molar-refractivity contribution in [3.63, 3.8) is 0 Å². The molecule has 29 heavy (non-hydrogen) atoms. The van der Waals surface area contributed by atoms with E-state index < -0.39 is 28.5 Å². The summed E-state index contributed by atoms with van der Waals surface area (Å²) >= 11 is 0. The molecule has 0 radical (unpaired) electrons. The van der Waals surface area contributed by atoms with Gasteiger partial charge in [0.15, 0.2) is 6.61 Å². The monoisotopic (exact) mass is 418 g/mol. The summed E-state index contributed by atoms with van der Waals surface area (Å²) in [4.78, 5) is 24.2. The van der Waals surface area contributed by atoms with E-state index in [9.17, 15) is 18.0 Å². The number of carbonyl (C=O) groups is 2. The number of sulfonamides is 1. The molecule has 2 aromatic rings. The molecule has 7 nitrogen and oxygen atoms in total. The van der Waals surface area contributed by atoms with Crippen LogP contribution in [0.15, 0.2) is 53.4 Å². The molecule has 0 aromatic heterocycles. The molecule has 0 aliphatic heterocycles. The van der Waals surface area contributed by atoms with E-state index in [0.29, 0.717) is 12.1 Å². The number of carbonyl (C=O) groups excluding carboxylic acids is 2. The smallest absolute Gasteiger partial charge is 0.338 e. The van der Waals surface area contributed by atoms with Crippen molar-refractivity contribution in [2.75, 3.05) is 11.9 Å². The van der Waals surface area contributed by atoms with Crippen molar-refractivity contribution in [1.82, 2.24) is 4.72 Å². The van der Waals surface area contributed by atoms with Crippen molar-refractivity contribution in [2.24, 2.45) is 0 Å². The van der Waals surface area contributed by atoms with Gasteiger partial charge in [-0.3, -0.25) is 4.79 Å². The lowest BCUT2D eigenvalue weighted by Crippen LogP contribution is -2.32. The minimum absolute atomic E-state index is 0.0582. The van der Waals surface area contributed by atoms with Gasteiger partial charge in [0.05, 0.1) is 10.5 Å². The zero-order valence-electron chi connectivity index (χ0n) is 16.8. The Morgan fingerprint density at radius 2 is 1.76 bits per heavy atom. The van der Waals surface area contributed by atoms with E-state index in [0.717, 1.165) is 12.0 Å². The highest BCUT2D eigenvalue weighted by Gasteiger charge is 2.18. The lowest BCUT2D eigenvalue weighted by atomic mass is 10.1. The van der Waals surface area contributed by atoms with Crippen molar-refractivity contribution in [1.29, 1.82) is 0 Å². The highest BCUT2D eigenvalue weighted by Crippen LogP contribution is 2.13. The Balaban J connectivity index is 1.92. The Hall–Kier alpha value is -2.71. The number of ether oxygens (including phenoxy) is 1. The van der Waals surface area contributed by atoms with Crippen molar-refractivity contribution >= 4 is 27.6 Å². The number of amides is 1. The van der Waals surface area contributed by atoms with Crippen LogP contribution in [0.5, 0.6) is 0 Å². The fourth-order valence-electron chi connectivity index (χ4n) is 2.47. The fraction of sp³-hybridized carbons (Fsp3) is 0.333. The van der Waals surface area contributed by atoms with E-state index >= 15 is 0 Å². The first kappa shape index (κ1) is 22.6. The lowest BCUT2D eigenvalue weighted by molar-refractivity contribution is -0.119. The molecule has 0 bridgehead atoms. The topological polar surface area (TPSA) is 102 Å². The number of esters is 1. The Labute approximate surface area is 171 Å². The van der Waals surface area contributed by atoms with Crippen molar-refractivity contribution in [3.05, 3.63) is 59.7 Å². The minimum Gasteiger partial charge on any atom is -0.452 e. The van der Waals surface area contributed by atoms with Crippen LogP contribution in [0.1, 0.15) is 43.1 Å². The Kier molecular flexibility index (Phi) is 7.92. The average molecular weight is 419 g/mol. The molecule has 2 rings (SSSR count). The van der Waals surface area contributed by atoms with Crippen LogP contribution in [0.3, 0.4) is 0 Å². The largest absolute Gasteiger partial charge is 0.452 e. The number of hydrogen-bond donors (Lipinski definition) is 2. The van der Waals surface area contributed by atoms with Gasteiger partial charge in [0.1, 0.15) is 0 Å². The second-order valence-corrected chi connectivity index (χ2v) is 8.35. The first-order valence-corrected chi connectivity index (χ1v) is 10.9. The SMILES string of the molecule is CCc1cccc(NC(=O)COC(=O)c2ccc(S(=O)(=O)NC(C)CC)cc2)c1. The highest BCUT2D eigenvalue weighted by atomic mass is 32.2. The standard InChI is InChI=1S/C21H26N2O5S/c1-4-15(3)23-29(26,27)19-11-9-17(10-12-19)21(25)28-14-20(24)22-18-8-6-7-16(5-2)13-18/h6-13,15,23H,4-5,14H2,1-3H3,(H,22,24). The third kappa shape index (κ3) is 6.69. The summed E-state index contributed by atoms with van der Waals surface area (Å²) in [6, 6.07) is 12.6. The third-order valence-corrected chi connectivity index (χ3v) is 5.93. The van der Waals surface area contributed by atoms with Crippen LogP contribution in [0.25, 0.3) is 0 Å². The molecule has 0 aliphatic rings.